The van der Waals surface area contributed by atoms with Crippen LogP contribution in [0.15, 0.2) is 32.5 Å². The normalized spacial score (nSPS) is 20.3. The molecule has 1 unspecified atom stereocenters. The van der Waals surface area contributed by atoms with E-state index >= 15 is 0 Å². The minimum Gasteiger partial charge on any atom is -0.467 e. The van der Waals surface area contributed by atoms with Crippen LogP contribution in [0, 0.1) is 24.2 Å². The number of pyridine rings is 1. The quantitative estimate of drug-likeness (QED) is 0.499. The van der Waals surface area contributed by atoms with Crippen molar-refractivity contribution in [2.75, 3.05) is 18.0 Å². The second kappa shape index (κ2) is 8.96. The van der Waals surface area contributed by atoms with Gasteiger partial charge in [-0.2, -0.15) is 5.26 Å². The first kappa shape index (κ1) is 22.4. The lowest BCUT2D eigenvalue weighted by Gasteiger charge is -2.35. The van der Waals surface area contributed by atoms with Crippen molar-refractivity contribution in [2.24, 2.45) is 13.0 Å². The van der Waals surface area contributed by atoms with Gasteiger partial charge >= 0.3 is 0 Å². The summed E-state index contributed by atoms with van der Waals surface area (Å²) in [6.07, 6.45) is 5.51. The molecule has 2 saturated heterocycles. The molecule has 2 fully saturated rings. The number of carbonyl (C=O) groups is 1. The number of carbonyl (C=O) groups excluding carboxylic acids is 1. The molecular formula is C23H24N4O3S2. The van der Waals surface area contributed by atoms with E-state index in [1.165, 1.54) is 16.7 Å². The van der Waals surface area contributed by atoms with Crippen molar-refractivity contribution < 1.29 is 9.21 Å². The number of rotatable bonds is 4. The standard InChI is InChI=1S/C23H24N4O3S2/c1-14-6-4-8-26(12-14)20-17(15(2)18(11-24)21(28)25(20)3)10-19-22(29)27(23(31)32-19)13-16-7-5-9-30-16/h5,7,9-10,14H,4,6,8,12-13H2,1-3H3/b19-10-. The molecule has 1 atom stereocenters. The maximum atomic E-state index is 13.2. The molecule has 2 aliphatic rings. The summed E-state index contributed by atoms with van der Waals surface area (Å²) in [6, 6.07) is 5.62. The number of piperidine rings is 1. The summed E-state index contributed by atoms with van der Waals surface area (Å²) >= 11 is 6.68. The van der Waals surface area contributed by atoms with E-state index in [0.717, 1.165) is 37.3 Å². The smallest absolute Gasteiger partial charge is 0.270 e. The fourth-order valence-electron chi connectivity index (χ4n) is 4.30. The van der Waals surface area contributed by atoms with Gasteiger partial charge in [-0.3, -0.25) is 19.1 Å². The van der Waals surface area contributed by atoms with Crippen LogP contribution in [-0.4, -0.2) is 32.8 Å². The maximum absolute atomic E-state index is 13.2. The number of anilines is 1. The van der Waals surface area contributed by atoms with Crippen molar-refractivity contribution in [1.29, 1.82) is 5.26 Å². The number of nitriles is 1. The Balaban J connectivity index is 1.80. The highest BCUT2D eigenvalue weighted by Gasteiger charge is 2.34. The number of amides is 1. The summed E-state index contributed by atoms with van der Waals surface area (Å²) in [5, 5.41) is 9.62. The minimum atomic E-state index is -0.319. The van der Waals surface area contributed by atoms with Crippen LogP contribution in [0.4, 0.5) is 5.82 Å². The average molecular weight is 469 g/mol. The molecule has 0 spiro atoms. The molecule has 0 saturated carbocycles. The van der Waals surface area contributed by atoms with Crippen LogP contribution in [0.5, 0.6) is 0 Å². The molecule has 32 heavy (non-hydrogen) atoms. The minimum absolute atomic E-state index is 0.0959. The lowest BCUT2D eigenvalue weighted by Crippen LogP contribution is -2.39. The van der Waals surface area contributed by atoms with Crippen molar-refractivity contribution in [3.8, 4) is 6.07 Å². The second-order valence-corrected chi connectivity index (χ2v) is 9.93. The maximum Gasteiger partial charge on any atom is 0.270 e. The molecule has 0 aromatic carbocycles. The zero-order chi connectivity index (χ0) is 23.0. The molecule has 2 aromatic rings. The van der Waals surface area contributed by atoms with Crippen LogP contribution in [0.25, 0.3) is 6.08 Å². The second-order valence-electron chi connectivity index (χ2n) is 8.25. The zero-order valence-corrected chi connectivity index (χ0v) is 19.9. The summed E-state index contributed by atoms with van der Waals surface area (Å²) in [6.45, 7) is 5.87. The van der Waals surface area contributed by atoms with E-state index in [0.29, 0.717) is 26.5 Å². The van der Waals surface area contributed by atoms with Gasteiger partial charge in [0.15, 0.2) is 0 Å². The molecule has 166 valence electrons. The lowest BCUT2D eigenvalue weighted by molar-refractivity contribution is -0.122. The Morgan fingerprint density at radius 1 is 1.41 bits per heavy atom. The van der Waals surface area contributed by atoms with Gasteiger partial charge in [0, 0.05) is 25.7 Å². The molecule has 7 nitrogen and oxygen atoms in total. The number of furan rings is 1. The highest BCUT2D eigenvalue weighted by Crippen LogP contribution is 2.37. The van der Waals surface area contributed by atoms with E-state index in [9.17, 15) is 14.9 Å². The highest BCUT2D eigenvalue weighted by molar-refractivity contribution is 8.26. The van der Waals surface area contributed by atoms with Gasteiger partial charge in [0.25, 0.3) is 11.5 Å². The van der Waals surface area contributed by atoms with Gasteiger partial charge in [0.1, 0.15) is 27.5 Å². The summed E-state index contributed by atoms with van der Waals surface area (Å²) in [7, 11) is 1.69. The van der Waals surface area contributed by atoms with Gasteiger partial charge in [0.2, 0.25) is 0 Å². The first-order valence-corrected chi connectivity index (χ1v) is 11.7. The summed E-state index contributed by atoms with van der Waals surface area (Å²) < 4.78 is 7.36. The third-order valence-electron chi connectivity index (χ3n) is 5.97. The Hall–Kier alpha value is -2.83. The van der Waals surface area contributed by atoms with Crippen LogP contribution >= 0.6 is 24.0 Å². The van der Waals surface area contributed by atoms with Crippen molar-refractivity contribution in [1.82, 2.24) is 9.47 Å². The summed E-state index contributed by atoms with van der Waals surface area (Å²) in [5.74, 6) is 1.68. The van der Waals surface area contributed by atoms with Gasteiger partial charge in [-0.05, 0) is 49.5 Å². The Labute approximate surface area is 196 Å². The molecule has 0 aliphatic carbocycles. The van der Waals surface area contributed by atoms with E-state index in [1.54, 1.807) is 43.0 Å². The van der Waals surface area contributed by atoms with Crippen LogP contribution in [-0.2, 0) is 18.4 Å². The molecule has 4 rings (SSSR count). The third-order valence-corrected chi connectivity index (χ3v) is 7.35. The van der Waals surface area contributed by atoms with E-state index in [2.05, 4.69) is 11.8 Å². The fourth-order valence-corrected chi connectivity index (χ4v) is 5.54. The van der Waals surface area contributed by atoms with Gasteiger partial charge in [-0.15, -0.1) is 0 Å². The van der Waals surface area contributed by atoms with Crippen molar-refractivity contribution in [3.63, 3.8) is 0 Å². The number of nitrogens with zero attached hydrogens (tertiary/aromatic N) is 4. The predicted molar refractivity (Wildman–Crippen MR) is 129 cm³/mol. The Bertz CT molecular complexity index is 1210. The van der Waals surface area contributed by atoms with E-state index < -0.39 is 0 Å². The zero-order valence-electron chi connectivity index (χ0n) is 18.3. The molecule has 0 bridgehead atoms. The summed E-state index contributed by atoms with van der Waals surface area (Å²) in [5.41, 5.74) is 1.08. The molecule has 0 N–H and O–H groups in total. The topological polar surface area (TPSA) is 82.5 Å². The van der Waals surface area contributed by atoms with Crippen LogP contribution in [0.2, 0.25) is 0 Å². The Kier molecular flexibility index (Phi) is 6.26. The Morgan fingerprint density at radius 3 is 2.84 bits per heavy atom. The molecule has 1 amide bonds. The largest absolute Gasteiger partial charge is 0.467 e. The molecular weight excluding hydrogens is 444 g/mol. The van der Waals surface area contributed by atoms with Gasteiger partial charge in [-0.25, -0.2) is 0 Å². The average Bonchev–Trinajstić information content (AvgIpc) is 3.37. The number of thioether (sulfide) groups is 1. The lowest BCUT2D eigenvalue weighted by atomic mass is 9.98. The van der Waals surface area contributed by atoms with E-state index in [-0.39, 0.29) is 23.6 Å². The van der Waals surface area contributed by atoms with Crippen LogP contribution < -0.4 is 10.5 Å². The first-order valence-electron chi connectivity index (χ1n) is 10.5. The SMILES string of the molecule is Cc1c(/C=C2\SC(=S)N(Cc3ccco3)C2=O)c(N2CCCC(C)C2)n(C)c(=O)c1C#N. The fraction of sp³-hybridized carbons (Fsp3) is 0.391. The number of hydrogen-bond acceptors (Lipinski definition) is 7. The van der Waals surface area contributed by atoms with Gasteiger partial charge in [-0.1, -0.05) is 30.9 Å². The molecule has 9 heteroatoms. The van der Waals surface area contributed by atoms with Crippen molar-refractivity contribution >= 4 is 46.1 Å². The number of thiocarbonyl (C=S) groups is 1. The Morgan fingerprint density at radius 2 is 2.19 bits per heavy atom. The molecule has 2 aliphatic heterocycles. The molecule has 4 heterocycles. The first-order chi connectivity index (χ1) is 15.3. The van der Waals surface area contributed by atoms with E-state index in [4.69, 9.17) is 16.6 Å². The predicted octanol–water partition coefficient (Wildman–Crippen LogP) is 3.80. The van der Waals surface area contributed by atoms with Crippen LogP contribution in [0.3, 0.4) is 0 Å². The highest BCUT2D eigenvalue weighted by atomic mass is 32.2. The van der Waals surface area contributed by atoms with Crippen LogP contribution in [0.1, 0.15) is 42.2 Å². The third kappa shape index (κ3) is 4.00. The van der Waals surface area contributed by atoms with Gasteiger partial charge in [0.05, 0.1) is 17.7 Å². The monoisotopic (exact) mass is 468 g/mol. The van der Waals surface area contributed by atoms with Crippen molar-refractivity contribution in [3.05, 3.63) is 56.1 Å². The number of hydrogen-bond donors (Lipinski definition) is 0. The van der Waals surface area contributed by atoms with Gasteiger partial charge < -0.3 is 9.32 Å². The molecule has 2 aromatic heterocycles. The van der Waals surface area contributed by atoms with E-state index in [1.807, 2.05) is 6.07 Å². The summed E-state index contributed by atoms with van der Waals surface area (Å²) in [4.78, 5) is 30.2. The van der Waals surface area contributed by atoms with Crippen molar-refractivity contribution in [2.45, 2.75) is 33.2 Å². The molecule has 0 radical (unpaired) electrons. The number of aromatic nitrogens is 1.